The molecule has 6 nitrogen and oxygen atoms in total. The van der Waals surface area contributed by atoms with Gasteiger partial charge in [-0.15, -0.1) is 0 Å². The summed E-state index contributed by atoms with van der Waals surface area (Å²) in [5.74, 6) is 0.950. The first-order valence-electron chi connectivity index (χ1n) is 8.11. The third kappa shape index (κ3) is 2.64. The second kappa shape index (κ2) is 5.77. The Labute approximate surface area is 139 Å². The van der Waals surface area contributed by atoms with Gasteiger partial charge in [0.05, 0.1) is 0 Å². The molecule has 3 aliphatic rings. The summed E-state index contributed by atoms with van der Waals surface area (Å²) in [6.07, 6.45) is 1.89. The molecule has 0 amide bonds. The zero-order valence-electron chi connectivity index (χ0n) is 13.7. The molecule has 0 aliphatic carbocycles. The van der Waals surface area contributed by atoms with E-state index in [1.165, 1.54) is 4.68 Å². The lowest BCUT2D eigenvalue weighted by Gasteiger charge is -2.56. The lowest BCUT2D eigenvalue weighted by Crippen LogP contribution is -2.68. The van der Waals surface area contributed by atoms with E-state index in [0.717, 1.165) is 31.0 Å². The molecule has 2 unspecified atom stereocenters. The van der Waals surface area contributed by atoms with E-state index >= 15 is 0 Å². The Hall–Kier alpha value is -2.09. The van der Waals surface area contributed by atoms with Crippen LogP contribution in [0.25, 0.3) is 0 Å². The van der Waals surface area contributed by atoms with Gasteiger partial charge in [-0.1, -0.05) is 0 Å². The van der Waals surface area contributed by atoms with Gasteiger partial charge in [-0.25, -0.2) is 18.7 Å². The summed E-state index contributed by atoms with van der Waals surface area (Å²) in [5.41, 5.74) is 1.49. The molecule has 2 bridgehead atoms. The van der Waals surface area contributed by atoms with Crippen LogP contribution in [0.1, 0.15) is 29.8 Å². The Balaban J connectivity index is 1.46. The summed E-state index contributed by atoms with van der Waals surface area (Å²) in [6, 6.07) is 2.75. The van der Waals surface area contributed by atoms with Crippen molar-refractivity contribution < 1.29 is 8.78 Å². The second-order valence-corrected chi connectivity index (χ2v) is 6.65. The molecule has 3 fully saturated rings. The van der Waals surface area contributed by atoms with E-state index in [1.807, 2.05) is 13.0 Å². The van der Waals surface area contributed by atoms with E-state index in [-0.39, 0.29) is 5.69 Å². The second-order valence-electron chi connectivity index (χ2n) is 6.65. The minimum atomic E-state index is -2.53. The van der Waals surface area contributed by atoms with E-state index < -0.39 is 6.43 Å². The highest BCUT2D eigenvalue weighted by molar-refractivity contribution is 5.41. The third-order valence-corrected chi connectivity index (χ3v) is 4.95. The van der Waals surface area contributed by atoms with Gasteiger partial charge in [0, 0.05) is 62.3 Å². The van der Waals surface area contributed by atoms with Gasteiger partial charge in [0.2, 0.25) is 0 Å². The predicted molar refractivity (Wildman–Crippen MR) is 84.9 cm³/mol. The predicted octanol–water partition coefficient (Wildman–Crippen LogP) is 1.92. The van der Waals surface area contributed by atoms with Crippen LogP contribution in [-0.4, -0.2) is 49.8 Å². The van der Waals surface area contributed by atoms with E-state index in [1.54, 1.807) is 19.6 Å². The minimum Gasteiger partial charge on any atom is -0.353 e. The third-order valence-electron chi connectivity index (χ3n) is 4.95. The monoisotopic (exact) mass is 334 g/mol. The van der Waals surface area contributed by atoms with Gasteiger partial charge in [0.25, 0.3) is 6.43 Å². The van der Waals surface area contributed by atoms with E-state index in [0.29, 0.717) is 24.2 Å². The zero-order valence-corrected chi connectivity index (χ0v) is 13.7. The Kier molecular flexibility index (Phi) is 3.71. The molecule has 8 heteroatoms. The van der Waals surface area contributed by atoms with Crippen molar-refractivity contribution in [3.63, 3.8) is 0 Å². The molecule has 0 saturated carbocycles. The van der Waals surface area contributed by atoms with Crippen LogP contribution in [0.15, 0.2) is 18.6 Å². The van der Waals surface area contributed by atoms with Gasteiger partial charge in [-0.3, -0.25) is 9.58 Å². The number of aromatic nitrogens is 4. The summed E-state index contributed by atoms with van der Waals surface area (Å²) in [5, 5.41) is 3.90. The summed E-state index contributed by atoms with van der Waals surface area (Å²) in [4.78, 5) is 13.1. The number of piperazine rings is 1. The molecule has 3 aliphatic heterocycles. The zero-order chi connectivity index (χ0) is 16.8. The highest BCUT2D eigenvalue weighted by Crippen LogP contribution is 2.36. The summed E-state index contributed by atoms with van der Waals surface area (Å²) in [7, 11) is 1.69. The first-order chi connectivity index (χ1) is 11.5. The number of halogens is 2. The minimum absolute atomic E-state index is 0.0919. The van der Waals surface area contributed by atoms with Crippen LogP contribution < -0.4 is 4.90 Å². The van der Waals surface area contributed by atoms with Crippen molar-refractivity contribution in [1.29, 1.82) is 0 Å². The van der Waals surface area contributed by atoms with Crippen LogP contribution in [0.5, 0.6) is 0 Å². The Morgan fingerprint density at radius 1 is 1.25 bits per heavy atom. The van der Waals surface area contributed by atoms with Crippen molar-refractivity contribution in [2.75, 3.05) is 18.0 Å². The van der Waals surface area contributed by atoms with E-state index in [9.17, 15) is 8.78 Å². The van der Waals surface area contributed by atoms with Gasteiger partial charge in [0.15, 0.2) is 0 Å². The molecule has 3 saturated heterocycles. The van der Waals surface area contributed by atoms with Crippen molar-refractivity contribution in [3.8, 4) is 0 Å². The fraction of sp³-hybridized carbons (Fsp3) is 0.562. The van der Waals surface area contributed by atoms with Gasteiger partial charge in [-0.05, 0) is 13.3 Å². The van der Waals surface area contributed by atoms with Crippen molar-refractivity contribution in [2.45, 2.75) is 38.4 Å². The molecule has 5 heterocycles. The maximum atomic E-state index is 13.1. The normalized spacial score (nSPS) is 23.6. The van der Waals surface area contributed by atoms with Crippen LogP contribution in [0.3, 0.4) is 0 Å². The number of alkyl halides is 2. The summed E-state index contributed by atoms with van der Waals surface area (Å²) in [6.45, 7) is 4.24. The number of aryl methyl sites for hydroxylation is 2. The number of rotatable bonds is 4. The number of fused-ring (bicyclic) bond motifs is 2. The molecule has 0 N–H and O–H groups in total. The van der Waals surface area contributed by atoms with Gasteiger partial charge >= 0.3 is 0 Å². The molecule has 2 aromatic rings. The molecular formula is C16H20F2N6. The van der Waals surface area contributed by atoms with Gasteiger partial charge in [0.1, 0.15) is 17.8 Å². The van der Waals surface area contributed by atoms with E-state index in [4.69, 9.17) is 0 Å². The van der Waals surface area contributed by atoms with E-state index in [2.05, 4.69) is 24.9 Å². The topological polar surface area (TPSA) is 50.1 Å². The highest BCUT2D eigenvalue weighted by atomic mass is 19.3. The molecule has 0 spiro atoms. The number of hydrogen-bond acceptors (Lipinski definition) is 5. The van der Waals surface area contributed by atoms with Crippen LogP contribution in [-0.2, 0) is 13.6 Å². The standard InChI is InChI=1S/C16H20F2N6/c1-10-3-14(20-9-19-10)23-7-12-4-13(8-23)24(12)6-11-5-22(2)21-15(11)16(17)18/h3,5,9,12-13,16H,4,6-8H2,1-2H3. The van der Waals surface area contributed by atoms with Crippen molar-refractivity contribution in [1.82, 2.24) is 24.6 Å². The number of nitrogens with zero attached hydrogens (tertiary/aromatic N) is 6. The molecule has 24 heavy (non-hydrogen) atoms. The fourth-order valence-electron chi connectivity index (χ4n) is 3.80. The van der Waals surface area contributed by atoms with Crippen LogP contribution >= 0.6 is 0 Å². The molecular weight excluding hydrogens is 314 g/mol. The summed E-state index contributed by atoms with van der Waals surface area (Å²) < 4.78 is 27.7. The Morgan fingerprint density at radius 2 is 2.00 bits per heavy atom. The number of piperidine rings is 1. The maximum absolute atomic E-state index is 13.1. The van der Waals surface area contributed by atoms with Crippen molar-refractivity contribution >= 4 is 5.82 Å². The average Bonchev–Trinajstić information content (AvgIpc) is 2.94. The first kappa shape index (κ1) is 15.4. The summed E-state index contributed by atoms with van der Waals surface area (Å²) >= 11 is 0. The molecule has 5 rings (SSSR count). The largest absolute Gasteiger partial charge is 0.353 e. The first-order valence-corrected chi connectivity index (χ1v) is 8.11. The lowest BCUT2D eigenvalue weighted by molar-refractivity contribution is -0.00963. The van der Waals surface area contributed by atoms with Crippen LogP contribution in [0.2, 0.25) is 0 Å². The molecule has 2 aromatic heterocycles. The number of hydrogen-bond donors (Lipinski definition) is 0. The quantitative estimate of drug-likeness (QED) is 0.855. The fourth-order valence-corrected chi connectivity index (χ4v) is 3.80. The molecule has 0 radical (unpaired) electrons. The maximum Gasteiger partial charge on any atom is 0.282 e. The van der Waals surface area contributed by atoms with Gasteiger partial charge in [-0.2, -0.15) is 5.10 Å². The SMILES string of the molecule is Cc1cc(N2CC3CC(C2)N3Cc2cn(C)nc2C(F)F)ncn1. The molecule has 128 valence electrons. The number of anilines is 1. The van der Waals surface area contributed by atoms with Crippen molar-refractivity contribution in [3.05, 3.63) is 35.5 Å². The van der Waals surface area contributed by atoms with Crippen LogP contribution in [0.4, 0.5) is 14.6 Å². The smallest absolute Gasteiger partial charge is 0.282 e. The van der Waals surface area contributed by atoms with Gasteiger partial charge < -0.3 is 4.90 Å². The molecule has 0 aromatic carbocycles. The Morgan fingerprint density at radius 3 is 2.67 bits per heavy atom. The lowest BCUT2D eigenvalue weighted by atomic mass is 9.87. The highest BCUT2D eigenvalue weighted by Gasteiger charge is 2.45. The average molecular weight is 334 g/mol. The Bertz CT molecular complexity index is 734. The molecule has 2 atom stereocenters. The van der Waals surface area contributed by atoms with Crippen LogP contribution in [0, 0.1) is 6.92 Å². The van der Waals surface area contributed by atoms with Crippen molar-refractivity contribution in [2.24, 2.45) is 7.05 Å².